The summed E-state index contributed by atoms with van der Waals surface area (Å²) in [6.45, 7) is 4.67. The maximum atomic E-state index is 12.9. The van der Waals surface area contributed by atoms with E-state index in [0.717, 1.165) is 23.3 Å². The van der Waals surface area contributed by atoms with Gasteiger partial charge in [-0.3, -0.25) is 4.79 Å². The topological polar surface area (TPSA) is 84.9 Å². The summed E-state index contributed by atoms with van der Waals surface area (Å²) < 4.78 is 37.7. The lowest BCUT2D eigenvalue weighted by Gasteiger charge is -2.31. The van der Waals surface area contributed by atoms with Crippen LogP contribution in [0.4, 0.5) is 0 Å². The molecule has 1 atom stereocenters. The van der Waals surface area contributed by atoms with Crippen LogP contribution in [-0.2, 0) is 14.8 Å². The number of rotatable bonds is 8. The number of nitrogens with one attached hydrogen (secondary N) is 1. The highest BCUT2D eigenvalue weighted by atomic mass is 32.2. The molecule has 0 unspecified atom stereocenters. The Kier molecular flexibility index (Phi) is 7.79. The van der Waals surface area contributed by atoms with E-state index in [2.05, 4.69) is 5.32 Å². The van der Waals surface area contributed by atoms with Crippen molar-refractivity contribution in [1.29, 1.82) is 0 Å². The molecule has 32 heavy (non-hydrogen) atoms. The van der Waals surface area contributed by atoms with Gasteiger partial charge < -0.3 is 14.8 Å². The number of ether oxygens (including phenoxy) is 2. The second kappa shape index (κ2) is 10.4. The number of methoxy groups -OCH3 is 2. The Morgan fingerprint density at radius 1 is 1.09 bits per heavy atom. The Morgan fingerprint density at radius 3 is 2.28 bits per heavy atom. The molecule has 0 aromatic heterocycles. The fraction of sp³-hybridized carbons (Fsp3) is 0.458. The van der Waals surface area contributed by atoms with Crippen LogP contribution in [0.25, 0.3) is 0 Å². The van der Waals surface area contributed by atoms with Gasteiger partial charge in [0.15, 0.2) is 0 Å². The van der Waals surface area contributed by atoms with E-state index < -0.39 is 10.0 Å². The SMILES string of the molecule is CC[C@@H](NC(=O)C1CCN(S(=O)(=O)c2ccc(OC)cc2)CC1)c1ccc(OC)c(C)c1. The van der Waals surface area contributed by atoms with Gasteiger partial charge in [0, 0.05) is 19.0 Å². The zero-order valence-electron chi connectivity index (χ0n) is 19.1. The first-order valence-corrected chi connectivity index (χ1v) is 12.3. The molecule has 7 nitrogen and oxygen atoms in total. The summed E-state index contributed by atoms with van der Waals surface area (Å²) in [5.74, 6) is 1.20. The molecule has 0 saturated carbocycles. The summed E-state index contributed by atoms with van der Waals surface area (Å²) in [4.78, 5) is 13.2. The Balaban J connectivity index is 1.61. The van der Waals surface area contributed by atoms with E-state index in [1.54, 1.807) is 31.4 Å². The number of nitrogens with zero attached hydrogens (tertiary/aromatic N) is 1. The fourth-order valence-corrected chi connectivity index (χ4v) is 5.55. The van der Waals surface area contributed by atoms with Crippen LogP contribution in [0.1, 0.15) is 43.4 Å². The van der Waals surface area contributed by atoms with E-state index in [0.29, 0.717) is 31.7 Å². The molecule has 3 rings (SSSR count). The van der Waals surface area contributed by atoms with E-state index in [1.807, 2.05) is 32.0 Å². The van der Waals surface area contributed by atoms with Crippen LogP contribution in [0.15, 0.2) is 47.4 Å². The summed E-state index contributed by atoms with van der Waals surface area (Å²) in [6.07, 6.45) is 1.76. The minimum atomic E-state index is -3.58. The monoisotopic (exact) mass is 460 g/mol. The van der Waals surface area contributed by atoms with Crippen molar-refractivity contribution in [2.75, 3.05) is 27.3 Å². The molecule has 0 bridgehead atoms. The number of aryl methyl sites for hydroxylation is 1. The van der Waals surface area contributed by atoms with E-state index in [1.165, 1.54) is 11.4 Å². The Hall–Kier alpha value is -2.58. The van der Waals surface area contributed by atoms with Gasteiger partial charge in [-0.25, -0.2) is 8.42 Å². The van der Waals surface area contributed by atoms with Crippen molar-refractivity contribution in [2.45, 2.75) is 44.0 Å². The summed E-state index contributed by atoms with van der Waals surface area (Å²) in [7, 11) is -0.403. The number of carbonyl (C=O) groups excluding carboxylic acids is 1. The molecule has 1 fully saturated rings. The lowest BCUT2D eigenvalue weighted by Crippen LogP contribution is -2.43. The molecule has 174 valence electrons. The van der Waals surface area contributed by atoms with Crippen LogP contribution in [-0.4, -0.2) is 45.9 Å². The molecule has 2 aromatic rings. The molecule has 0 radical (unpaired) electrons. The highest BCUT2D eigenvalue weighted by Crippen LogP contribution is 2.28. The van der Waals surface area contributed by atoms with Crippen molar-refractivity contribution >= 4 is 15.9 Å². The third-order valence-electron chi connectivity index (χ3n) is 6.07. The quantitative estimate of drug-likeness (QED) is 0.650. The van der Waals surface area contributed by atoms with Crippen molar-refractivity contribution in [3.8, 4) is 11.5 Å². The smallest absolute Gasteiger partial charge is 0.243 e. The highest BCUT2D eigenvalue weighted by Gasteiger charge is 2.32. The van der Waals surface area contributed by atoms with Gasteiger partial charge >= 0.3 is 0 Å². The number of carbonyl (C=O) groups is 1. The van der Waals surface area contributed by atoms with Gasteiger partial charge in [0.05, 0.1) is 25.2 Å². The number of piperidine rings is 1. The molecule has 1 N–H and O–H groups in total. The highest BCUT2D eigenvalue weighted by molar-refractivity contribution is 7.89. The summed E-state index contributed by atoms with van der Waals surface area (Å²) in [6, 6.07) is 12.2. The molecule has 1 aliphatic rings. The standard InChI is InChI=1S/C24H32N2O5S/c1-5-22(19-6-11-23(31-4)17(2)16-19)25-24(27)18-12-14-26(15-13-18)32(28,29)21-9-7-20(30-3)8-10-21/h6-11,16,18,22H,5,12-15H2,1-4H3,(H,25,27)/t22-/m1/s1. The average Bonchev–Trinajstić information content (AvgIpc) is 2.82. The van der Waals surface area contributed by atoms with Gasteiger partial charge in [-0.05, 0) is 67.6 Å². The zero-order chi connectivity index (χ0) is 23.3. The molecule has 0 aliphatic carbocycles. The Morgan fingerprint density at radius 2 is 1.75 bits per heavy atom. The van der Waals surface area contributed by atoms with Gasteiger partial charge in [-0.1, -0.05) is 19.1 Å². The van der Waals surface area contributed by atoms with E-state index >= 15 is 0 Å². The Labute approximate surface area is 190 Å². The molecule has 1 saturated heterocycles. The molecule has 1 amide bonds. The summed E-state index contributed by atoms with van der Waals surface area (Å²) in [5, 5.41) is 3.15. The maximum Gasteiger partial charge on any atom is 0.243 e. The van der Waals surface area contributed by atoms with Crippen LogP contribution >= 0.6 is 0 Å². The number of benzene rings is 2. The van der Waals surface area contributed by atoms with Crippen molar-refractivity contribution in [1.82, 2.24) is 9.62 Å². The minimum Gasteiger partial charge on any atom is -0.497 e. The molecule has 2 aromatic carbocycles. The minimum absolute atomic E-state index is 0.0215. The zero-order valence-corrected chi connectivity index (χ0v) is 19.9. The van der Waals surface area contributed by atoms with Crippen molar-refractivity contribution in [2.24, 2.45) is 5.92 Å². The normalized spacial score (nSPS) is 16.4. The van der Waals surface area contributed by atoms with Gasteiger partial charge in [0.1, 0.15) is 11.5 Å². The van der Waals surface area contributed by atoms with Gasteiger partial charge in [0.2, 0.25) is 15.9 Å². The van der Waals surface area contributed by atoms with Gasteiger partial charge in [0.25, 0.3) is 0 Å². The summed E-state index contributed by atoms with van der Waals surface area (Å²) in [5.41, 5.74) is 2.06. The molecule has 8 heteroatoms. The molecule has 0 spiro atoms. The predicted molar refractivity (Wildman–Crippen MR) is 123 cm³/mol. The Bertz CT molecular complexity index is 1030. The van der Waals surface area contributed by atoms with E-state index in [9.17, 15) is 13.2 Å². The molecule has 1 heterocycles. The lowest BCUT2D eigenvalue weighted by atomic mass is 9.95. The predicted octanol–water partition coefficient (Wildman–Crippen LogP) is 3.68. The van der Waals surface area contributed by atoms with Crippen LogP contribution in [0.2, 0.25) is 0 Å². The van der Waals surface area contributed by atoms with Crippen molar-refractivity contribution in [3.05, 3.63) is 53.6 Å². The van der Waals surface area contributed by atoms with Crippen LogP contribution in [0, 0.1) is 12.8 Å². The van der Waals surface area contributed by atoms with Crippen molar-refractivity contribution in [3.63, 3.8) is 0 Å². The molecular formula is C24H32N2O5S. The first kappa shape index (κ1) is 24.1. The maximum absolute atomic E-state index is 12.9. The van der Waals surface area contributed by atoms with Gasteiger partial charge in [-0.15, -0.1) is 0 Å². The number of hydrogen-bond acceptors (Lipinski definition) is 5. The number of hydrogen-bond donors (Lipinski definition) is 1. The lowest BCUT2D eigenvalue weighted by molar-refractivity contribution is -0.126. The first-order chi connectivity index (χ1) is 15.3. The van der Waals surface area contributed by atoms with Crippen molar-refractivity contribution < 1.29 is 22.7 Å². The van der Waals surface area contributed by atoms with Crippen LogP contribution in [0.3, 0.4) is 0 Å². The van der Waals surface area contributed by atoms with E-state index in [-0.39, 0.29) is 22.8 Å². The fourth-order valence-electron chi connectivity index (χ4n) is 4.08. The third-order valence-corrected chi connectivity index (χ3v) is 7.98. The van der Waals surface area contributed by atoms with Crippen LogP contribution in [0.5, 0.6) is 11.5 Å². The largest absolute Gasteiger partial charge is 0.497 e. The van der Waals surface area contributed by atoms with E-state index in [4.69, 9.17) is 9.47 Å². The summed E-state index contributed by atoms with van der Waals surface area (Å²) >= 11 is 0. The first-order valence-electron chi connectivity index (χ1n) is 10.9. The second-order valence-electron chi connectivity index (χ2n) is 8.05. The third kappa shape index (κ3) is 5.24. The number of sulfonamides is 1. The number of amides is 1. The molecule has 1 aliphatic heterocycles. The second-order valence-corrected chi connectivity index (χ2v) is 9.99. The van der Waals surface area contributed by atoms with Gasteiger partial charge in [-0.2, -0.15) is 4.31 Å². The average molecular weight is 461 g/mol. The van der Waals surface area contributed by atoms with Crippen LogP contribution < -0.4 is 14.8 Å². The molecular weight excluding hydrogens is 428 g/mol.